The van der Waals surface area contributed by atoms with Gasteiger partial charge in [0.2, 0.25) is 5.91 Å². The van der Waals surface area contributed by atoms with Crippen LogP contribution < -0.4 is 10.1 Å². The van der Waals surface area contributed by atoms with Crippen LogP contribution >= 0.6 is 11.3 Å². The van der Waals surface area contributed by atoms with E-state index in [0.29, 0.717) is 12.2 Å². The van der Waals surface area contributed by atoms with Crippen molar-refractivity contribution in [1.29, 1.82) is 0 Å². The Balaban J connectivity index is 1.85. The van der Waals surface area contributed by atoms with Gasteiger partial charge in [-0.15, -0.1) is 11.3 Å². The molecule has 2 N–H and O–H groups in total. The number of amides is 1. The molecule has 0 aliphatic carbocycles. The Morgan fingerprint density at radius 3 is 2.95 bits per heavy atom. The van der Waals surface area contributed by atoms with E-state index in [1.54, 1.807) is 30.6 Å². The predicted molar refractivity (Wildman–Crippen MR) is 79.0 cm³/mol. The Labute approximate surface area is 122 Å². The van der Waals surface area contributed by atoms with Crippen molar-refractivity contribution in [3.05, 3.63) is 52.2 Å². The Morgan fingerprint density at radius 1 is 1.40 bits per heavy atom. The molecule has 1 atom stereocenters. The second-order valence-corrected chi connectivity index (χ2v) is 5.38. The zero-order valence-corrected chi connectivity index (χ0v) is 12.0. The predicted octanol–water partition coefficient (Wildman–Crippen LogP) is 2.15. The number of thiophene rings is 1. The summed E-state index contributed by atoms with van der Waals surface area (Å²) in [5.74, 6) is 0.598. The molecule has 1 unspecified atom stereocenters. The van der Waals surface area contributed by atoms with Gasteiger partial charge in [-0.2, -0.15) is 0 Å². The van der Waals surface area contributed by atoms with Gasteiger partial charge >= 0.3 is 0 Å². The molecule has 0 saturated heterocycles. The van der Waals surface area contributed by atoms with E-state index in [4.69, 9.17) is 4.74 Å². The summed E-state index contributed by atoms with van der Waals surface area (Å²) in [6.07, 6.45) is -0.389. The van der Waals surface area contributed by atoms with Crippen molar-refractivity contribution in [3.63, 3.8) is 0 Å². The van der Waals surface area contributed by atoms with Crippen molar-refractivity contribution in [2.45, 2.75) is 12.5 Å². The Bertz CT molecular complexity index is 554. The Kier molecular flexibility index (Phi) is 5.15. The summed E-state index contributed by atoms with van der Waals surface area (Å²) in [5.41, 5.74) is 0.723. The Morgan fingerprint density at radius 2 is 2.25 bits per heavy atom. The molecule has 0 bridgehead atoms. The Hall–Kier alpha value is -1.85. The van der Waals surface area contributed by atoms with E-state index in [1.807, 2.05) is 29.6 Å². The largest absolute Gasteiger partial charge is 0.497 e. The van der Waals surface area contributed by atoms with Crippen LogP contribution in [0, 0.1) is 0 Å². The van der Waals surface area contributed by atoms with Crippen LogP contribution in [-0.4, -0.2) is 24.7 Å². The average molecular weight is 291 g/mol. The lowest BCUT2D eigenvalue weighted by molar-refractivity contribution is -0.120. The van der Waals surface area contributed by atoms with Gasteiger partial charge in [-0.1, -0.05) is 18.2 Å². The molecule has 1 amide bonds. The molecule has 0 spiro atoms. The van der Waals surface area contributed by atoms with E-state index in [9.17, 15) is 9.90 Å². The van der Waals surface area contributed by atoms with E-state index in [0.717, 1.165) is 10.4 Å². The van der Waals surface area contributed by atoms with Crippen LogP contribution in [0.1, 0.15) is 16.5 Å². The number of carbonyl (C=O) groups excluding carboxylic acids is 1. The maximum Gasteiger partial charge on any atom is 0.225 e. The van der Waals surface area contributed by atoms with E-state index in [-0.39, 0.29) is 12.5 Å². The highest BCUT2D eigenvalue weighted by Gasteiger charge is 2.11. The number of hydrogen-bond donors (Lipinski definition) is 2. The molecule has 2 aromatic rings. The zero-order valence-electron chi connectivity index (χ0n) is 11.2. The standard InChI is InChI=1S/C15H17NO3S/c1-19-12-5-2-4-11(8-12)14(17)10-16-15(18)9-13-6-3-7-20-13/h2-8,14,17H,9-10H2,1H3,(H,16,18). The second kappa shape index (κ2) is 7.07. The number of aliphatic hydroxyl groups excluding tert-OH is 1. The number of carbonyl (C=O) groups is 1. The summed E-state index contributed by atoms with van der Waals surface area (Å²) in [7, 11) is 1.58. The maximum atomic E-state index is 11.7. The van der Waals surface area contributed by atoms with E-state index >= 15 is 0 Å². The summed E-state index contributed by atoms with van der Waals surface area (Å²) in [4.78, 5) is 12.7. The molecular formula is C15H17NO3S. The van der Waals surface area contributed by atoms with Crippen molar-refractivity contribution < 1.29 is 14.6 Å². The average Bonchev–Trinajstić information content (AvgIpc) is 2.97. The van der Waals surface area contributed by atoms with Crippen LogP contribution in [0.4, 0.5) is 0 Å². The molecule has 106 valence electrons. The number of aliphatic hydroxyl groups is 1. The first-order valence-electron chi connectivity index (χ1n) is 6.30. The molecule has 0 fully saturated rings. The third-order valence-corrected chi connectivity index (χ3v) is 3.76. The second-order valence-electron chi connectivity index (χ2n) is 4.35. The van der Waals surface area contributed by atoms with E-state index < -0.39 is 6.10 Å². The number of methoxy groups -OCH3 is 1. The topological polar surface area (TPSA) is 58.6 Å². The number of hydrogen-bond acceptors (Lipinski definition) is 4. The number of rotatable bonds is 6. The zero-order chi connectivity index (χ0) is 14.4. The van der Waals surface area contributed by atoms with Crippen molar-refractivity contribution >= 4 is 17.2 Å². The SMILES string of the molecule is COc1cccc(C(O)CNC(=O)Cc2cccs2)c1. The molecule has 0 aliphatic heterocycles. The molecule has 0 saturated carbocycles. The number of nitrogens with one attached hydrogen (secondary N) is 1. The molecular weight excluding hydrogens is 274 g/mol. The van der Waals surface area contributed by atoms with Crippen LogP contribution in [0.3, 0.4) is 0 Å². The first-order valence-corrected chi connectivity index (χ1v) is 7.18. The van der Waals surface area contributed by atoms with E-state index in [2.05, 4.69) is 5.32 Å². The molecule has 4 nitrogen and oxygen atoms in total. The summed E-state index contributed by atoms with van der Waals surface area (Å²) in [6.45, 7) is 0.192. The van der Waals surface area contributed by atoms with Crippen molar-refractivity contribution in [1.82, 2.24) is 5.32 Å². The fourth-order valence-electron chi connectivity index (χ4n) is 1.81. The van der Waals surface area contributed by atoms with Gasteiger partial charge in [0.1, 0.15) is 5.75 Å². The monoisotopic (exact) mass is 291 g/mol. The normalized spacial score (nSPS) is 11.9. The smallest absolute Gasteiger partial charge is 0.225 e. The summed E-state index contributed by atoms with van der Waals surface area (Å²) in [5, 5.41) is 14.7. The highest BCUT2D eigenvalue weighted by molar-refractivity contribution is 7.10. The van der Waals surface area contributed by atoms with Gasteiger partial charge in [0.15, 0.2) is 0 Å². The first-order chi connectivity index (χ1) is 9.69. The minimum atomic E-state index is -0.739. The van der Waals surface area contributed by atoms with Gasteiger partial charge < -0.3 is 15.2 Å². The lowest BCUT2D eigenvalue weighted by Gasteiger charge is -2.13. The molecule has 1 aromatic heterocycles. The minimum Gasteiger partial charge on any atom is -0.497 e. The third-order valence-electron chi connectivity index (χ3n) is 2.89. The maximum absolute atomic E-state index is 11.7. The molecule has 20 heavy (non-hydrogen) atoms. The summed E-state index contributed by atoms with van der Waals surface area (Å²) < 4.78 is 5.10. The van der Waals surface area contributed by atoms with Gasteiger partial charge in [0, 0.05) is 11.4 Å². The van der Waals surface area contributed by atoms with Gasteiger partial charge in [0.05, 0.1) is 19.6 Å². The number of benzene rings is 1. The molecule has 5 heteroatoms. The van der Waals surface area contributed by atoms with Crippen LogP contribution in [0.15, 0.2) is 41.8 Å². The first kappa shape index (κ1) is 14.6. The highest BCUT2D eigenvalue weighted by Crippen LogP contribution is 2.18. The fourth-order valence-corrected chi connectivity index (χ4v) is 2.51. The third kappa shape index (κ3) is 4.08. The minimum absolute atomic E-state index is 0.0885. The van der Waals surface area contributed by atoms with Crippen LogP contribution in [0.5, 0.6) is 5.75 Å². The van der Waals surface area contributed by atoms with Crippen molar-refractivity contribution in [3.8, 4) is 5.75 Å². The number of ether oxygens (including phenoxy) is 1. The summed E-state index contributed by atoms with van der Waals surface area (Å²) >= 11 is 1.55. The van der Waals surface area contributed by atoms with Gasteiger partial charge in [-0.05, 0) is 29.1 Å². The molecule has 2 rings (SSSR count). The molecule has 1 heterocycles. The van der Waals surface area contributed by atoms with Gasteiger partial charge in [0.25, 0.3) is 0 Å². The van der Waals surface area contributed by atoms with E-state index in [1.165, 1.54) is 0 Å². The van der Waals surface area contributed by atoms with Crippen LogP contribution in [-0.2, 0) is 11.2 Å². The van der Waals surface area contributed by atoms with Gasteiger partial charge in [-0.25, -0.2) is 0 Å². The fraction of sp³-hybridized carbons (Fsp3) is 0.267. The van der Waals surface area contributed by atoms with Crippen LogP contribution in [0.2, 0.25) is 0 Å². The lowest BCUT2D eigenvalue weighted by atomic mass is 10.1. The van der Waals surface area contributed by atoms with Gasteiger partial charge in [-0.3, -0.25) is 4.79 Å². The summed E-state index contributed by atoms with van der Waals surface area (Å²) in [6, 6.07) is 11.0. The highest BCUT2D eigenvalue weighted by atomic mass is 32.1. The van der Waals surface area contributed by atoms with Crippen molar-refractivity contribution in [2.75, 3.05) is 13.7 Å². The molecule has 0 radical (unpaired) electrons. The quantitative estimate of drug-likeness (QED) is 0.857. The molecule has 0 aliphatic rings. The van der Waals surface area contributed by atoms with Crippen molar-refractivity contribution in [2.24, 2.45) is 0 Å². The molecule has 1 aromatic carbocycles. The van der Waals surface area contributed by atoms with Crippen LogP contribution in [0.25, 0.3) is 0 Å². The lowest BCUT2D eigenvalue weighted by Crippen LogP contribution is -2.29.